The fraction of sp³-hybridized carbons (Fsp3) is 0.429. The minimum Gasteiger partial charge on any atom is -0.371 e. The molecule has 1 fully saturated rings. The molecule has 1 saturated heterocycles. The summed E-state index contributed by atoms with van der Waals surface area (Å²) >= 11 is 0. The molecule has 2 N–H and O–H groups in total. The number of nitrogens with zero attached hydrogens (tertiary/aromatic N) is 2. The highest BCUT2D eigenvalue weighted by atomic mass is 32.2. The summed E-state index contributed by atoms with van der Waals surface area (Å²) in [6.45, 7) is 5.80. The number of rotatable bonds is 8. The molecule has 7 nitrogen and oxygen atoms in total. The summed E-state index contributed by atoms with van der Waals surface area (Å²) < 4.78 is 27.1. The van der Waals surface area contributed by atoms with E-state index < -0.39 is 10.0 Å². The van der Waals surface area contributed by atoms with Crippen molar-refractivity contribution < 1.29 is 13.2 Å². The lowest BCUT2D eigenvalue weighted by molar-refractivity contribution is 0.0946. The lowest BCUT2D eigenvalue weighted by atomic mass is 10.1. The van der Waals surface area contributed by atoms with Gasteiger partial charge in [0.2, 0.25) is 10.0 Å². The fourth-order valence-corrected chi connectivity index (χ4v) is 4.95. The van der Waals surface area contributed by atoms with Gasteiger partial charge in [-0.2, -0.15) is 0 Å². The number of sulfonamides is 1. The third kappa shape index (κ3) is 6.01. The Morgan fingerprint density at radius 2 is 1.83 bits per heavy atom. The number of hydrogen-bond donors (Lipinski definition) is 2. The van der Waals surface area contributed by atoms with E-state index in [1.54, 1.807) is 32.2 Å². The van der Waals surface area contributed by atoms with Crippen molar-refractivity contribution >= 4 is 21.6 Å². The second-order valence-corrected chi connectivity index (χ2v) is 9.33. The van der Waals surface area contributed by atoms with Gasteiger partial charge in [-0.1, -0.05) is 24.3 Å². The average Bonchev–Trinajstić information content (AvgIpc) is 3.20. The summed E-state index contributed by atoms with van der Waals surface area (Å²) in [6, 6.07) is 10.8. The second-order valence-electron chi connectivity index (χ2n) is 7.58. The summed E-state index contributed by atoms with van der Waals surface area (Å²) in [6.07, 6.45) is 3.98. The Morgan fingerprint density at radius 3 is 2.52 bits per heavy atom. The first-order valence-corrected chi connectivity index (χ1v) is 11.6. The summed E-state index contributed by atoms with van der Waals surface area (Å²) in [5, 5.41) is 2.86. The molecule has 2 aromatic rings. The van der Waals surface area contributed by atoms with Gasteiger partial charge < -0.3 is 10.2 Å². The standard InChI is InChI=1S/C21H28N4O3S/c1-16(2)24-29(27,28)15-18-8-4-3-7-17(18)14-23-21(26)20-13-19(9-10-22-20)25-11-5-6-12-25/h3-4,7-10,13,16,24H,5-6,11-12,14-15H2,1-2H3,(H,23,26). The van der Waals surface area contributed by atoms with Crippen LogP contribution in [0, 0.1) is 0 Å². The van der Waals surface area contributed by atoms with Crippen molar-refractivity contribution in [2.45, 2.75) is 45.0 Å². The molecule has 0 spiro atoms. The SMILES string of the molecule is CC(C)NS(=O)(=O)Cc1ccccc1CNC(=O)c1cc(N2CCCC2)ccn1. The summed E-state index contributed by atoms with van der Waals surface area (Å²) in [5.41, 5.74) is 2.81. The molecule has 156 valence electrons. The number of hydrogen-bond acceptors (Lipinski definition) is 5. The Kier molecular flexibility index (Phi) is 6.87. The van der Waals surface area contributed by atoms with Crippen LogP contribution < -0.4 is 14.9 Å². The van der Waals surface area contributed by atoms with Crippen LogP contribution in [0.5, 0.6) is 0 Å². The van der Waals surface area contributed by atoms with Crippen LogP contribution in [0.4, 0.5) is 5.69 Å². The number of nitrogens with one attached hydrogen (secondary N) is 2. The molecule has 2 heterocycles. The van der Waals surface area contributed by atoms with E-state index in [-0.39, 0.29) is 24.2 Å². The van der Waals surface area contributed by atoms with Crippen LogP contribution in [0.25, 0.3) is 0 Å². The minimum atomic E-state index is -3.44. The Balaban J connectivity index is 1.67. The van der Waals surface area contributed by atoms with Crippen LogP contribution in [0.3, 0.4) is 0 Å². The molecule has 0 unspecified atom stereocenters. The fourth-order valence-electron chi connectivity index (χ4n) is 3.46. The van der Waals surface area contributed by atoms with E-state index in [0.717, 1.165) is 37.2 Å². The van der Waals surface area contributed by atoms with Gasteiger partial charge in [-0.3, -0.25) is 9.78 Å². The van der Waals surface area contributed by atoms with Crippen molar-refractivity contribution in [2.75, 3.05) is 18.0 Å². The first kappa shape index (κ1) is 21.3. The molecule has 1 aromatic carbocycles. The van der Waals surface area contributed by atoms with Crippen LogP contribution in [0.15, 0.2) is 42.6 Å². The van der Waals surface area contributed by atoms with Gasteiger partial charge in [-0.05, 0) is 49.9 Å². The maximum absolute atomic E-state index is 12.6. The molecule has 0 aliphatic carbocycles. The second kappa shape index (κ2) is 9.37. The molecular formula is C21H28N4O3S. The molecule has 1 aromatic heterocycles. The monoisotopic (exact) mass is 416 g/mol. The van der Waals surface area contributed by atoms with Crippen molar-refractivity contribution in [1.82, 2.24) is 15.0 Å². The Morgan fingerprint density at radius 1 is 1.14 bits per heavy atom. The predicted octanol–water partition coefficient (Wildman–Crippen LogP) is 2.44. The first-order valence-electron chi connectivity index (χ1n) is 9.90. The molecule has 0 radical (unpaired) electrons. The van der Waals surface area contributed by atoms with Crippen molar-refractivity contribution in [1.29, 1.82) is 0 Å². The molecule has 1 aliphatic rings. The van der Waals surface area contributed by atoms with Crippen molar-refractivity contribution in [3.05, 3.63) is 59.4 Å². The zero-order chi connectivity index (χ0) is 20.9. The summed E-state index contributed by atoms with van der Waals surface area (Å²) in [7, 11) is -3.44. The van der Waals surface area contributed by atoms with Crippen molar-refractivity contribution in [2.24, 2.45) is 0 Å². The van der Waals surface area contributed by atoms with Gasteiger partial charge in [0, 0.05) is 37.6 Å². The van der Waals surface area contributed by atoms with Crippen molar-refractivity contribution in [3.8, 4) is 0 Å². The normalized spacial score (nSPS) is 14.4. The maximum atomic E-state index is 12.6. The number of aromatic nitrogens is 1. The number of pyridine rings is 1. The summed E-state index contributed by atoms with van der Waals surface area (Å²) in [5.74, 6) is -0.399. The molecule has 29 heavy (non-hydrogen) atoms. The Hall–Kier alpha value is -2.45. The van der Waals surface area contributed by atoms with E-state index in [4.69, 9.17) is 0 Å². The Labute approximate surface area is 172 Å². The van der Waals surface area contributed by atoms with Crippen LogP contribution in [0.2, 0.25) is 0 Å². The highest BCUT2D eigenvalue weighted by molar-refractivity contribution is 7.88. The van der Waals surface area contributed by atoms with Crippen molar-refractivity contribution in [3.63, 3.8) is 0 Å². The Bertz CT molecular complexity index is 954. The minimum absolute atomic E-state index is 0.125. The van der Waals surface area contributed by atoms with Crippen LogP contribution in [0.1, 0.15) is 48.3 Å². The predicted molar refractivity (Wildman–Crippen MR) is 114 cm³/mol. The van der Waals surface area contributed by atoms with E-state index in [2.05, 4.69) is 19.9 Å². The molecule has 0 atom stereocenters. The van der Waals surface area contributed by atoms with Gasteiger partial charge in [0.25, 0.3) is 5.91 Å². The molecular weight excluding hydrogens is 388 g/mol. The van der Waals surface area contributed by atoms with E-state index in [1.165, 1.54) is 0 Å². The maximum Gasteiger partial charge on any atom is 0.270 e. The zero-order valence-corrected chi connectivity index (χ0v) is 17.7. The van der Waals surface area contributed by atoms with Gasteiger partial charge in [-0.25, -0.2) is 13.1 Å². The highest BCUT2D eigenvalue weighted by Crippen LogP contribution is 2.20. The van der Waals surface area contributed by atoms with Crippen LogP contribution in [-0.4, -0.2) is 38.4 Å². The molecule has 3 rings (SSSR count). The number of benzene rings is 1. The number of carbonyl (C=O) groups excluding carboxylic acids is 1. The number of anilines is 1. The van der Waals surface area contributed by atoms with Gasteiger partial charge in [0.15, 0.2) is 0 Å². The largest absolute Gasteiger partial charge is 0.371 e. The lowest BCUT2D eigenvalue weighted by Crippen LogP contribution is -2.32. The smallest absolute Gasteiger partial charge is 0.270 e. The highest BCUT2D eigenvalue weighted by Gasteiger charge is 2.17. The number of amides is 1. The zero-order valence-electron chi connectivity index (χ0n) is 16.9. The lowest BCUT2D eigenvalue weighted by Gasteiger charge is -2.18. The van der Waals surface area contributed by atoms with Crippen LogP contribution in [-0.2, 0) is 22.3 Å². The van der Waals surface area contributed by atoms with E-state index in [1.807, 2.05) is 24.3 Å². The van der Waals surface area contributed by atoms with Gasteiger partial charge in [0.05, 0.1) is 5.75 Å². The first-order chi connectivity index (χ1) is 13.8. The quantitative estimate of drug-likeness (QED) is 0.690. The van der Waals surface area contributed by atoms with Crippen LogP contribution >= 0.6 is 0 Å². The molecule has 1 aliphatic heterocycles. The number of carbonyl (C=O) groups is 1. The molecule has 0 bridgehead atoms. The van der Waals surface area contributed by atoms with E-state index in [0.29, 0.717) is 11.3 Å². The van der Waals surface area contributed by atoms with Gasteiger partial charge in [-0.15, -0.1) is 0 Å². The third-order valence-electron chi connectivity index (χ3n) is 4.77. The van der Waals surface area contributed by atoms with Gasteiger partial charge in [0.1, 0.15) is 5.69 Å². The van der Waals surface area contributed by atoms with E-state index >= 15 is 0 Å². The molecule has 8 heteroatoms. The average molecular weight is 417 g/mol. The van der Waals surface area contributed by atoms with E-state index in [9.17, 15) is 13.2 Å². The third-order valence-corrected chi connectivity index (χ3v) is 6.29. The van der Waals surface area contributed by atoms with Gasteiger partial charge >= 0.3 is 0 Å². The topological polar surface area (TPSA) is 91.4 Å². The molecule has 0 saturated carbocycles. The summed E-state index contributed by atoms with van der Waals surface area (Å²) in [4.78, 5) is 19.0. The molecule has 1 amide bonds.